The van der Waals surface area contributed by atoms with Gasteiger partial charge in [-0.2, -0.15) is 19.6 Å². The van der Waals surface area contributed by atoms with Crippen LogP contribution < -0.4 is 16.0 Å². The third-order valence-electron chi connectivity index (χ3n) is 6.47. The van der Waals surface area contributed by atoms with Crippen molar-refractivity contribution in [2.75, 3.05) is 43.4 Å². The molecule has 2 fully saturated rings. The van der Waals surface area contributed by atoms with Crippen LogP contribution in [0.15, 0.2) is 48.3 Å². The molecule has 0 spiro atoms. The van der Waals surface area contributed by atoms with Crippen LogP contribution >= 0.6 is 0 Å². The number of benzene rings is 1. The van der Waals surface area contributed by atoms with Crippen LogP contribution in [0.2, 0.25) is 0 Å². The van der Waals surface area contributed by atoms with E-state index in [-0.39, 0.29) is 18.1 Å². The molecule has 0 atom stereocenters. The standard InChI is InChI=1S/C26H31FN8O/c1-18-20(16-23(36)31-18)15-21-17-30-35-24(21)32-25(28-9-5-13-34-11-2-3-12-34)33-26(35)29-10-8-19-6-4-7-22(27)14-19/h4,6-7,14-15,17H,1-3,5,8-13,16H2,(H,31,36)(H2,28,29,32,33)/b20-15+. The van der Waals surface area contributed by atoms with Crippen LogP contribution in [-0.4, -0.2) is 63.1 Å². The number of hydrogen-bond acceptors (Lipinski definition) is 7. The van der Waals surface area contributed by atoms with Crippen LogP contribution in [0.3, 0.4) is 0 Å². The Morgan fingerprint density at radius 1 is 1.17 bits per heavy atom. The third-order valence-corrected chi connectivity index (χ3v) is 6.47. The first-order chi connectivity index (χ1) is 17.5. The Bertz CT molecular complexity index is 1290. The number of aromatic nitrogens is 4. The van der Waals surface area contributed by atoms with E-state index in [1.54, 1.807) is 16.8 Å². The summed E-state index contributed by atoms with van der Waals surface area (Å²) in [6.45, 7) is 8.65. The summed E-state index contributed by atoms with van der Waals surface area (Å²) in [4.78, 5) is 23.6. The quantitative estimate of drug-likeness (QED) is 0.375. The summed E-state index contributed by atoms with van der Waals surface area (Å²) in [5.41, 5.74) is 3.71. The van der Waals surface area contributed by atoms with E-state index in [9.17, 15) is 9.18 Å². The van der Waals surface area contributed by atoms with Crippen molar-refractivity contribution in [3.05, 3.63) is 65.3 Å². The van der Waals surface area contributed by atoms with Crippen LogP contribution in [0.25, 0.3) is 11.7 Å². The number of hydrogen-bond donors (Lipinski definition) is 3. The van der Waals surface area contributed by atoms with E-state index in [4.69, 9.17) is 4.98 Å². The normalized spacial score (nSPS) is 17.3. The maximum Gasteiger partial charge on any atom is 0.229 e. The van der Waals surface area contributed by atoms with Crippen LogP contribution in [0, 0.1) is 5.82 Å². The number of nitrogens with one attached hydrogen (secondary N) is 3. The Morgan fingerprint density at radius 3 is 2.81 bits per heavy atom. The van der Waals surface area contributed by atoms with Gasteiger partial charge in [-0.15, -0.1) is 0 Å². The highest BCUT2D eigenvalue weighted by molar-refractivity contribution is 5.89. The zero-order valence-electron chi connectivity index (χ0n) is 20.3. The highest BCUT2D eigenvalue weighted by Gasteiger charge is 2.20. The average molecular weight is 491 g/mol. The van der Waals surface area contributed by atoms with Crippen molar-refractivity contribution in [1.29, 1.82) is 0 Å². The summed E-state index contributed by atoms with van der Waals surface area (Å²) in [7, 11) is 0. The van der Waals surface area contributed by atoms with Gasteiger partial charge in [-0.1, -0.05) is 18.7 Å². The zero-order valence-corrected chi connectivity index (χ0v) is 20.3. The number of carbonyl (C=O) groups is 1. The van der Waals surface area contributed by atoms with Gasteiger partial charge in [0.1, 0.15) is 5.82 Å². The SMILES string of the molecule is C=C1NC(=O)C/C1=C\c1cnn2c(NCCc3cccc(F)c3)nc(NCCCN3CCCC3)nc12. The molecule has 3 N–H and O–H groups in total. The Hall–Kier alpha value is -3.79. The number of amides is 1. The maximum absolute atomic E-state index is 13.5. The van der Waals surface area contributed by atoms with Gasteiger partial charge in [-0.25, -0.2) is 4.39 Å². The van der Waals surface area contributed by atoms with Gasteiger partial charge in [-0.05, 0) is 74.7 Å². The van der Waals surface area contributed by atoms with E-state index in [1.165, 1.54) is 38.1 Å². The van der Waals surface area contributed by atoms with Crippen molar-refractivity contribution in [2.45, 2.75) is 32.1 Å². The monoisotopic (exact) mass is 490 g/mol. The van der Waals surface area contributed by atoms with E-state index in [1.807, 2.05) is 12.1 Å². The molecule has 188 valence electrons. The molecule has 0 saturated carbocycles. The number of nitrogens with zero attached hydrogens (tertiary/aromatic N) is 5. The number of anilines is 2. The molecule has 0 radical (unpaired) electrons. The fourth-order valence-electron chi connectivity index (χ4n) is 4.61. The molecule has 1 amide bonds. The second-order valence-corrected chi connectivity index (χ2v) is 9.21. The summed E-state index contributed by atoms with van der Waals surface area (Å²) in [5.74, 6) is 0.736. The minimum atomic E-state index is -0.247. The first kappa shape index (κ1) is 23.9. The van der Waals surface area contributed by atoms with E-state index >= 15 is 0 Å². The van der Waals surface area contributed by atoms with E-state index in [0.29, 0.717) is 36.2 Å². The maximum atomic E-state index is 13.5. The molecule has 10 heteroatoms. The minimum absolute atomic E-state index is 0.0718. The van der Waals surface area contributed by atoms with Crippen molar-refractivity contribution in [3.63, 3.8) is 0 Å². The molecular weight excluding hydrogens is 459 g/mol. The van der Waals surface area contributed by atoms with Gasteiger partial charge >= 0.3 is 0 Å². The summed E-state index contributed by atoms with van der Waals surface area (Å²) in [6, 6.07) is 6.58. The van der Waals surface area contributed by atoms with E-state index in [2.05, 4.69) is 37.5 Å². The fourth-order valence-corrected chi connectivity index (χ4v) is 4.61. The van der Waals surface area contributed by atoms with Crippen LogP contribution in [0.5, 0.6) is 0 Å². The summed E-state index contributed by atoms with van der Waals surface area (Å²) < 4.78 is 15.2. The fraction of sp³-hybridized carbons (Fsp3) is 0.385. The highest BCUT2D eigenvalue weighted by Crippen LogP contribution is 2.24. The Kier molecular flexibility index (Phi) is 7.22. The first-order valence-electron chi connectivity index (χ1n) is 12.5. The molecule has 2 aliphatic rings. The number of fused-ring (bicyclic) bond motifs is 1. The molecule has 3 aromatic rings. The van der Waals surface area contributed by atoms with Crippen LogP contribution in [0.4, 0.5) is 16.3 Å². The molecule has 5 rings (SSSR count). The predicted octanol–water partition coefficient (Wildman–Crippen LogP) is 3.23. The second kappa shape index (κ2) is 10.9. The molecule has 1 aromatic carbocycles. The van der Waals surface area contributed by atoms with Gasteiger partial charge in [0.05, 0.1) is 12.6 Å². The number of carbonyl (C=O) groups excluding carboxylic acids is 1. The van der Waals surface area contributed by atoms with E-state index < -0.39 is 0 Å². The smallest absolute Gasteiger partial charge is 0.229 e. The Balaban J connectivity index is 1.35. The number of halogens is 1. The van der Waals surface area contributed by atoms with Crippen molar-refractivity contribution >= 4 is 29.5 Å². The van der Waals surface area contributed by atoms with Gasteiger partial charge in [-0.3, -0.25) is 4.79 Å². The van der Waals surface area contributed by atoms with Gasteiger partial charge < -0.3 is 20.9 Å². The van der Waals surface area contributed by atoms with Crippen molar-refractivity contribution in [1.82, 2.24) is 29.8 Å². The lowest BCUT2D eigenvalue weighted by Gasteiger charge is -2.15. The number of likely N-dealkylation sites (tertiary alicyclic amines) is 1. The average Bonchev–Trinajstić information content (AvgIpc) is 3.58. The molecular formula is C26H31FN8O. The van der Waals surface area contributed by atoms with Crippen LogP contribution in [-0.2, 0) is 11.2 Å². The molecule has 2 aliphatic heterocycles. The summed E-state index contributed by atoms with van der Waals surface area (Å²) in [6.07, 6.45) is 8.08. The zero-order chi connectivity index (χ0) is 24.9. The summed E-state index contributed by atoms with van der Waals surface area (Å²) >= 11 is 0. The van der Waals surface area contributed by atoms with Crippen molar-refractivity contribution < 1.29 is 9.18 Å². The minimum Gasteiger partial charge on any atom is -0.354 e. The first-order valence-corrected chi connectivity index (χ1v) is 12.5. The van der Waals surface area contributed by atoms with Crippen LogP contribution in [0.1, 0.15) is 36.8 Å². The third kappa shape index (κ3) is 5.71. The molecule has 4 heterocycles. The predicted molar refractivity (Wildman–Crippen MR) is 138 cm³/mol. The lowest BCUT2D eigenvalue weighted by molar-refractivity contribution is -0.118. The molecule has 2 aromatic heterocycles. The number of rotatable bonds is 10. The second-order valence-electron chi connectivity index (χ2n) is 9.21. The molecule has 0 aliphatic carbocycles. The molecule has 0 bridgehead atoms. The van der Waals surface area contributed by atoms with Gasteiger partial charge in [0, 0.05) is 24.4 Å². The van der Waals surface area contributed by atoms with Gasteiger partial charge in [0.2, 0.25) is 17.8 Å². The van der Waals surface area contributed by atoms with E-state index in [0.717, 1.165) is 36.2 Å². The molecule has 9 nitrogen and oxygen atoms in total. The Morgan fingerprint density at radius 2 is 2.03 bits per heavy atom. The van der Waals surface area contributed by atoms with Gasteiger partial charge in [0.25, 0.3) is 0 Å². The lowest BCUT2D eigenvalue weighted by Crippen LogP contribution is -2.22. The summed E-state index contributed by atoms with van der Waals surface area (Å²) in [5, 5.41) is 13.9. The Labute approximate surface area is 209 Å². The topological polar surface area (TPSA) is 99.5 Å². The van der Waals surface area contributed by atoms with Crippen molar-refractivity contribution in [2.24, 2.45) is 0 Å². The largest absolute Gasteiger partial charge is 0.354 e. The molecule has 0 unspecified atom stereocenters. The van der Waals surface area contributed by atoms with Crippen molar-refractivity contribution in [3.8, 4) is 0 Å². The molecule has 2 saturated heterocycles. The highest BCUT2D eigenvalue weighted by atomic mass is 19.1. The molecule has 36 heavy (non-hydrogen) atoms. The lowest BCUT2D eigenvalue weighted by atomic mass is 10.1. The van der Waals surface area contributed by atoms with Gasteiger partial charge in [0.15, 0.2) is 5.65 Å². The number of allylic oxidation sites excluding steroid dienone is 1.